The quantitative estimate of drug-likeness (QED) is 0.739. The van der Waals surface area contributed by atoms with Crippen molar-refractivity contribution in [1.29, 1.82) is 0 Å². The van der Waals surface area contributed by atoms with Crippen molar-refractivity contribution in [3.05, 3.63) is 72.6 Å². The molecular formula is C21H22N3O+. The zero-order valence-corrected chi connectivity index (χ0v) is 14.2. The number of aromatic nitrogens is 1. The number of carbonyl (C=O) groups is 1. The molecule has 0 spiro atoms. The van der Waals surface area contributed by atoms with E-state index in [1.807, 2.05) is 35.5 Å². The van der Waals surface area contributed by atoms with Crippen LogP contribution in [-0.2, 0) is 11.2 Å². The molecule has 1 fully saturated rings. The lowest BCUT2D eigenvalue weighted by molar-refractivity contribution is -0.377. The van der Waals surface area contributed by atoms with E-state index in [0.717, 1.165) is 31.7 Å². The number of pyridine rings is 1. The third-order valence-electron chi connectivity index (χ3n) is 4.92. The fourth-order valence-corrected chi connectivity index (χ4v) is 3.52. The van der Waals surface area contributed by atoms with Gasteiger partial charge in [-0.3, -0.25) is 4.79 Å². The third kappa shape index (κ3) is 3.33. The second-order valence-electron chi connectivity index (χ2n) is 6.44. The highest BCUT2D eigenvalue weighted by atomic mass is 16.2. The Morgan fingerprint density at radius 3 is 2.40 bits per heavy atom. The second kappa shape index (κ2) is 6.93. The third-order valence-corrected chi connectivity index (χ3v) is 4.92. The van der Waals surface area contributed by atoms with Crippen molar-refractivity contribution >= 4 is 22.4 Å². The SMILES string of the molecule is O=C(Cc1cccc2ccccc12)N1CCN(c2cc[nH+]cc2)CC1. The van der Waals surface area contributed by atoms with Crippen LogP contribution in [-0.4, -0.2) is 37.0 Å². The standard InChI is InChI=1S/C21H21N3O/c25-21(16-18-6-3-5-17-4-1-2-7-20(17)18)24-14-12-23(13-15-24)19-8-10-22-11-9-19/h1-11H,12-16H2/p+1. The molecule has 1 aliphatic heterocycles. The van der Waals surface area contributed by atoms with E-state index in [1.54, 1.807) is 0 Å². The number of H-pyrrole nitrogens is 1. The first-order valence-corrected chi connectivity index (χ1v) is 8.77. The van der Waals surface area contributed by atoms with Crippen molar-refractivity contribution in [1.82, 2.24) is 4.90 Å². The Bertz CT molecular complexity index is 865. The van der Waals surface area contributed by atoms with E-state index in [-0.39, 0.29) is 5.91 Å². The molecule has 1 aliphatic rings. The normalized spacial score (nSPS) is 14.7. The highest BCUT2D eigenvalue weighted by molar-refractivity contribution is 5.90. The first-order chi connectivity index (χ1) is 12.3. The van der Waals surface area contributed by atoms with E-state index >= 15 is 0 Å². The number of nitrogens with one attached hydrogen (secondary N) is 1. The maximum Gasteiger partial charge on any atom is 0.227 e. The number of rotatable bonds is 3. The van der Waals surface area contributed by atoms with Crippen LogP contribution < -0.4 is 9.88 Å². The Morgan fingerprint density at radius 1 is 0.880 bits per heavy atom. The molecule has 0 bridgehead atoms. The Kier molecular flexibility index (Phi) is 4.34. The van der Waals surface area contributed by atoms with Gasteiger partial charge in [0.1, 0.15) is 0 Å². The van der Waals surface area contributed by atoms with Crippen LogP contribution in [0.15, 0.2) is 67.0 Å². The summed E-state index contributed by atoms with van der Waals surface area (Å²) < 4.78 is 0. The minimum atomic E-state index is 0.220. The monoisotopic (exact) mass is 332 g/mol. The van der Waals surface area contributed by atoms with Gasteiger partial charge in [-0.15, -0.1) is 0 Å². The Labute approximate surface area is 147 Å². The van der Waals surface area contributed by atoms with Gasteiger partial charge in [0, 0.05) is 44.0 Å². The predicted molar refractivity (Wildman–Crippen MR) is 99.4 cm³/mol. The second-order valence-corrected chi connectivity index (χ2v) is 6.44. The lowest BCUT2D eigenvalue weighted by Gasteiger charge is -2.36. The number of benzene rings is 2. The maximum absolute atomic E-state index is 12.8. The molecule has 0 unspecified atom stereocenters. The van der Waals surface area contributed by atoms with E-state index in [1.165, 1.54) is 16.5 Å². The van der Waals surface area contributed by atoms with Crippen molar-refractivity contribution in [2.75, 3.05) is 31.1 Å². The number of piperazine rings is 1. The summed E-state index contributed by atoms with van der Waals surface area (Å²) in [6.07, 6.45) is 4.35. The number of fused-ring (bicyclic) bond motifs is 1. The van der Waals surface area contributed by atoms with Crippen molar-refractivity contribution in [2.45, 2.75) is 6.42 Å². The average Bonchev–Trinajstić information content (AvgIpc) is 2.69. The zero-order chi connectivity index (χ0) is 17.1. The summed E-state index contributed by atoms with van der Waals surface area (Å²) in [4.78, 5) is 20.1. The molecule has 126 valence electrons. The molecular weight excluding hydrogens is 310 g/mol. The first kappa shape index (κ1) is 15.6. The van der Waals surface area contributed by atoms with Gasteiger partial charge in [0.25, 0.3) is 0 Å². The summed E-state index contributed by atoms with van der Waals surface area (Å²) in [5.41, 5.74) is 2.32. The molecule has 0 saturated carbocycles. The van der Waals surface area contributed by atoms with E-state index in [9.17, 15) is 4.79 Å². The highest BCUT2D eigenvalue weighted by Crippen LogP contribution is 2.20. The van der Waals surface area contributed by atoms with Gasteiger partial charge >= 0.3 is 0 Å². The summed E-state index contributed by atoms with van der Waals surface area (Å²) >= 11 is 0. The maximum atomic E-state index is 12.8. The van der Waals surface area contributed by atoms with Gasteiger partial charge in [-0.05, 0) is 16.3 Å². The fraction of sp³-hybridized carbons (Fsp3) is 0.238. The fourth-order valence-electron chi connectivity index (χ4n) is 3.52. The number of amides is 1. The highest BCUT2D eigenvalue weighted by Gasteiger charge is 2.22. The van der Waals surface area contributed by atoms with E-state index in [4.69, 9.17) is 0 Å². The minimum absolute atomic E-state index is 0.220. The molecule has 4 heteroatoms. The van der Waals surface area contributed by atoms with Crippen molar-refractivity contribution < 1.29 is 9.78 Å². The lowest BCUT2D eigenvalue weighted by atomic mass is 10.0. The molecule has 1 amide bonds. The van der Waals surface area contributed by atoms with E-state index in [0.29, 0.717) is 6.42 Å². The topological polar surface area (TPSA) is 37.7 Å². The van der Waals surface area contributed by atoms with Gasteiger partial charge in [-0.25, -0.2) is 4.98 Å². The molecule has 1 saturated heterocycles. The van der Waals surface area contributed by atoms with Crippen LogP contribution in [0.3, 0.4) is 0 Å². The summed E-state index contributed by atoms with van der Waals surface area (Å²) in [6.45, 7) is 3.32. The van der Waals surface area contributed by atoms with Crippen LogP contribution in [0.5, 0.6) is 0 Å². The Morgan fingerprint density at radius 2 is 1.60 bits per heavy atom. The number of carbonyl (C=O) groups excluding carboxylic acids is 1. The van der Waals surface area contributed by atoms with Gasteiger partial charge in [-0.2, -0.15) is 0 Å². The molecule has 4 nitrogen and oxygen atoms in total. The number of hydrogen-bond acceptors (Lipinski definition) is 2. The minimum Gasteiger partial charge on any atom is -0.368 e. The Balaban J connectivity index is 1.42. The first-order valence-electron chi connectivity index (χ1n) is 8.77. The lowest BCUT2D eigenvalue weighted by Crippen LogP contribution is -2.49. The molecule has 1 aromatic heterocycles. The van der Waals surface area contributed by atoms with Gasteiger partial charge in [0.05, 0.1) is 6.42 Å². The largest absolute Gasteiger partial charge is 0.368 e. The van der Waals surface area contributed by atoms with Crippen LogP contribution in [0.1, 0.15) is 5.56 Å². The van der Waals surface area contributed by atoms with Crippen molar-refractivity contribution in [3.8, 4) is 0 Å². The van der Waals surface area contributed by atoms with Gasteiger partial charge in [0.15, 0.2) is 12.4 Å². The molecule has 4 rings (SSSR count). The summed E-state index contributed by atoms with van der Waals surface area (Å²) in [7, 11) is 0. The van der Waals surface area contributed by atoms with Crippen LogP contribution >= 0.6 is 0 Å². The summed E-state index contributed by atoms with van der Waals surface area (Å²) in [6, 6.07) is 18.6. The average molecular weight is 332 g/mol. The predicted octanol–water partition coefficient (Wildman–Crippen LogP) is 2.55. The molecule has 2 aromatic carbocycles. The van der Waals surface area contributed by atoms with E-state index in [2.05, 4.69) is 46.3 Å². The van der Waals surface area contributed by atoms with Crippen LogP contribution in [0, 0.1) is 0 Å². The number of nitrogens with zero attached hydrogens (tertiary/aromatic N) is 2. The molecule has 3 aromatic rings. The van der Waals surface area contributed by atoms with Crippen LogP contribution in [0.4, 0.5) is 5.69 Å². The van der Waals surface area contributed by atoms with Crippen molar-refractivity contribution in [2.24, 2.45) is 0 Å². The molecule has 25 heavy (non-hydrogen) atoms. The molecule has 1 N–H and O–H groups in total. The number of anilines is 1. The van der Waals surface area contributed by atoms with Gasteiger partial charge < -0.3 is 9.80 Å². The van der Waals surface area contributed by atoms with E-state index < -0.39 is 0 Å². The van der Waals surface area contributed by atoms with Gasteiger partial charge in [-0.1, -0.05) is 42.5 Å². The molecule has 0 atom stereocenters. The number of hydrogen-bond donors (Lipinski definition) is 0. The summed E-state index contributed by atoms with van der Waals surface area (Å²) in [5, 5.41) is 2.37. The van der Waals surface area contributed by atoms with Crippen molar-refractivity contribution in [3.63, 3.8) is 0 Å². The van der Waals surface area contributed by atoms with Crippen LogP contribution in [0.2, 0.25) is 0 Å². The smallest absolute Gasteiger partial charge is 0.227 e. The number of aromatic amines is 1. The van der Waals surface area contributed by atoms with Crippen LogP contribution in [0.25, 0.3) is 10.8 Å². The molecule has 0 radical (unpaired) electrons. The zero-order valence-electron chi connectivity index (χ0n) is 14.2. The molecule has 2 heterocycles. The molecule has 0 aliphatic carbocycles. The Hall–Kier alpha value is -2.88. The van der Waals surface area contributed by atoms with Gasteiger partial charge in [0.2, 0.25) is 5.91 Å². The summed E-state index contributed by atoms with van der Waals surface area (Å²) in [5.74, 6) is 0.220.